The zero-order chi connectivity index (χ0) is 13.2. The van der Waals surface area contributed by atoms with Crippen LogP contribution in [0.1, 0.15) is 0 Å². The Morgan fingerprint density at radius 2 is 2.11 bits per heavy atom. The summed E-state index contributed by atoms with van der Waals surface area (Å²) in [5.74, 6) is 0. The minimum absolute atomic E-state index is 0.454. The van der Waals surface area contributed by atoms with Gasteiger partial charge in [-0.25, -0.2) is 4.68 Å². The Morgan fingerprint density at radius 1 is 1.33 bits per heavy atom. The van der Waals surface area contributed by atoms with Crippen molar-refractivity contribution in [3.8, 4) is 0 Å². The van der Waals surface area contributed by atoms with Crippen LogP contribution in [0.25, 0.3) is 11.0 Å². The summed E-state index contributed by atoms with van der Waals surface area (Å²) in [6.45, 7) is 8.25. The Labute approximate surface area is 113 Å². The van der Waals surface area contributed by atoms with Gasteiger partial charge in [0.1, 0.15) is 12.2 Å². The molecular weight excluding hydrogens is 266 g/mol. The zero-order valence-corrected chi connectivity index (χ0v) is 12.7. The Hall–Kier alpha value is -0.913. The summed E-state index contributed by atoms with van der Waals surface area (Å²) in [5.41, 5.74) is 1.75. The molecule has 0 N–H and O–H groups in total. The van der Waals surface area contributed by atoms with E-state index in [1.165, 1.54) is 0 Å². The van der Waals surface area contributed by atoms with Gasteiger partial charge in [-0.05, 0) is 12.1 Å². The standard InChI is InChI=1S/C12H18ClN3OSi/c1-18(2,3)5-4-17-9-16-12-6-10(13)7-14-11(12)8-15-16/h6-8H,4-5,9H2,1-3H3. The second-order valence-corrected chi connectivity index (χ2v) is 11.6. The highest BCUT2D eigenvalue weighted by Gasteiger charge is 2.12. The van der Waals surface area contributed by atoms with Gasteiger partial charge in [0.25, 0.3) is 0 Å². The van der Waals surface area contributed by atoms with Crippen molar-refractivity contribution in [2.45, 2.75) is 32.4 Å². The topological polar surface area (TPSA) is 39.9 Å². The first-order chi connectivity index (χ1) is 8.46. The molecule has 0 saturated carbocycles. The van der Waals surface area contributed by atoms with Crippen LogP contribution in [0.2, 0.25) is 30.7 Å². The molecule has 0 aliphatic rings. The van der Waals surface area contributed by atoms with Crippen LogP contribution in [0.15, 0.2) is 18.5 Å². The second-order valence-electron chi connectivity index (χ2n) is 5.55. The van der Waals surface area contributed by atoms with E-state index in [0.717, 1.165) is 23.7 Å². The first kappa shape index (κ1) is 13.5. The Balaban J connectivity index is 1.98. The quantitative estimate of drug-likeness (QED) is 0.624. The van der Waals surface area contributed by atoms with Crippen LogP contribution in [0.5, 0.6) is 0 Å². The molecule has 0 atom stereocenters. The van der Waals surface area contributed by atoms with Crippen LogP contribution in [0, 0.1) is 0 Å². The molecule has 2 rings (SSSR count). The predicted octanol–water partition coefficient (Wildman–Crippen LogP) is 3.40. The molecule has 0 aromatic carbocycles. The van der Waals surface area contributed by atoms with Crippen LogP contribution in [-0.2, 0) is 11.5 Å². The number of hydrogen-bond acceptors (Lipinski definition) is 3. The van der Waals surface area contributed by atoms with E-state index in [4.69, 9.17) is 16.3 Å². The maximum absolute atomic E-state index is 5.93. The maximum Gasteiger partial charge on any atom is 0.140 e. The SMILES string of the molecule is C[Si](C)(C)CCOCn1ncc2ncc(Cl)cc21. The number of halogens is 1. The molecule has 0 bridgehead atoms. The highest BCUT2D eigenvalue weighted by atomic mass is 35.5. The average molecular weight is 284 g/mol. The Morgan fingerprint density at radius 3 is 2.83 bits per heavy atom. The second kappa shape index (κ2) is 5.38. The minimum Gasteiger partial charge on any atom is -0.360 e. The van der Waals surface area contributed by atoms with Crippen molar-refractivity contribution < 1.29 is 4.74 Å². The molecule has 0 unspecified atom stereocenters. The summed E-state index contributed by atoms with van der Waals surface area (Å²) in [4.78, 5) is 4.20. The molecule has 0 aliphatic carbocycles. The van der Waals surface area contributed by atoms with E-state index in [1.807, 2.05) is 6.07 Å². The molecule has 0 aliphatic heterocycles. The summed E-state index contributed by atoms with van der Waals surface area (Å²) in [6, 6.07) is 3.02. The fraction of sp³-hybridized carbons (Fsp3) is 0.500. The number of pyridine rings is 1. The molecule has 0 saturated heterocycles. The van der Waals surface area contributed by atoms with Crippen LogP contribution < -0.4 is 0 Å². The molecule has 4 nitrogen and oxygen atoms in total. The Bertz CT molecular complexity index is 536. The van der Waals surface area contributed by atoms with Gasteiger partial charge >= 0.3 is 0 Å². The van der Waals surface area contributed by atoms with Crippen molar-refractivity contribution in [2.24, 2.45) is 0 Å². The van der Waals surface area contributed by atoms with Crippen molar-refractivity contribution in [1.29, 1.82) is 0 Å². The Kier molecular flexibility index (Phi) is 4.04. The first-order valence-corrected chi connectivity index (χ1v) is 10.1. The molecule has 98 valence electrons. The predicted molar refractivity (Wildman–Crippen MR) is 76.6 cm³/mol. The van der Waals surface area contributed by atoms with E-state index in [2.05, 4.69) is 29.7 Å². The summed E-state index contributed by atoms with van der Waals surface area (Å²) in [6.07, 6.45) is 3.36. The van der Waals surface area contributed by atoms with Crippen LogP contribution in [0.3, 0.4) is 0 Å². The summed E-state index contributed by atoms with van der Waals surface area (Å²) < 4.78 is 7.46. The van der Waals surface area contributed by atoms with Crippen molar-refractivity contribution >= 4 is 30.7 Å². The van der Waals surface area contributed by atoms with Crippen molar-refractivity contribution in [3.05, 3.63) is 23.5 Å². The van der Waals surface area contributed by atoms with Gasteiger partial charge in [0.2, 0.25) is 0 Å². The molecule has 0 fully saturated rings. The third-order valence-electron chi connectivity index (χ3n) is 2.67. The molecule has 2 aromatic heterocycles. The molecule has 0 spiro atoms. The highest BCUT2D eigenvalue weighted by molar-refractivity contribution is 6.76. The first-order valence-electron chi connectivity index (χ1n) is 6.00. The number of nitrogens with zero attached hydrogens (tertiary/aromatic N) is 3. The van der Waals surface area contributed by atoms with E-state index in [1.54, 1.807) is 17.1 Å². The van der Waals surface area contributed by atoms with Crippen LogP contribution >= 0.6 is 11.6 Å². The smallest absolute Gasteiger partial charge is 0.140 e. The molecule has 0 radical (unpaired) electrons. The third-order valence-corrected chi connectivity index (χ3v) is 4.58. The average Bonchev–Trinajstić information content (AvgIpc) is 2.66. The van der Waals surface area contributed by atoms with E-state index < -0.39 is 8.07 Å². The monoisotopic (exact) mass is 283 g/mol. The molecule has 18 heavy (non-hydrogen) atoms. The number of ether oxygens (including phenoxy) is 1. The fourth-order valence-corrected chi connectivity index (χ4v) is 2.47. The normalized spacial score (nSPS) is 12.2. The molecule has 2 aromatic rings. The van der Waals surface area contributed by atoms with Gasteiger partial charge in [-0.2, -0.15) is 5.10 Å². The molecular formula is C12H18ClN3OSi. The lowest BCUT2D eigenvalue weighted by atomic mass is 10.4. The number of aromatic nitrogens is 3. The van der Waals surface area contributed by atoms with Gasteiger partial charge in [0.05, 0.1) is 16.7 Å². The van der Waals surface area contributed by atoms with Crippen molar-refractivity contribution in [3.63, 3.8) is 0 Å². The van der Waals surface area contributed by atoms with Gasteiger partial charge in [-0.15, -0.1) is 0 Å². The van der Waals surface area contributed by atoms with Gasteiger partial charge in [-0.1, -0.05) is 31.2 Å². The van der Waals surface area contributed by atoms with E-state index in [0.29, 0.717) is 11.8 Å². The van der Waals surface area contributed by atoms with E-state index in [9.17, 15) is 0 Å². The van der Waals surface area contributed by atoms with Gasteiger partial charge in [0, 0.05) is 20.9 Å². The molecule has 6 heteroatoms. The fourth-order valence-electron chi connectivity index (χ4n) is 1.56. The van der Waals surface area contributed by atoms with Crippen molar-refractivity contribution in [1.82, 2.24) is 14.8 Å². The molecule has 0 amide bonds. The van der Waals surface area contributed by atoms with Crippen LogP contribution in [-0.4, -0.2) is 29.4 Å². The van der Waals surface area contributed by atoms with Gasteiger partial charge in [-0.3, -0.25) is 4.98 Å². The summed E-state index contributed by atoms with van der Waals surface area (Å²) >= 11 is 5.93. The third kappa shape index (κ3) is 3.54. The summed E-state index contributed by atoms with van der Waals surface area (Å²) in [5, 5.41) is 4.87. The van der Waals surface area contributed by atoms with E-state index >= 15 is 0 Å². The maximum atomic E-state index is 5.93. The summed E-state index contributed by atoms with van der Waals surface area (Å²) in [7, 11) is -1.03. The number of fused-ring (bicyclic) bond motifs is 1. The highest BCUT2D eigenvalue weighted by Crippen LogP contribution is 2.16. The lowest BCUT2D eigenvalue weighted by molar-refractivity contribution is 0.0817. The number of rotatable bonds is 5. The van der Waals surface area contributed by atoms with Gasteiger partial charge < -0.3 is 4.74 Å². The van der Waals surface area contributed by atoms with Gasteiger partial charge in [0.15, 0.2) is 0 Å². The lowest BCUT2D eigenvalue weighted by Gasteiger charge is -2.15. The molecule has 2 heterocycles. The minimum atomic E-state index is -1.03. The zero-order valence-electron chi connectivity index (χ0n) is 11.0. The van der Waals surface area contributed by atoms with E-state index in [-0.39, 0.29) is 0 Å². The lowest BCUT2D eigenvalue weighted by Crippen LogP contribution is -2.22. The van der Waals surface area contributed by atoms with Crippen LogP contribution in [0.4, 0.5) is 0 Å². The van der Waals surface area contributed by atoms with Crippen molar-refractivity contribution in [2.75, 3.05) is 6.61 Å². The largest absolute Gasteiger partial charge is 0.360 e. The number of hydrogen-bond donors (Lipinski definition) is 0.